The van der Waals surface area contributed by atoms with E-state index in [2.05, 4.69) is 40.7 Å². The van der Waals surface area contributed by atoms with Crippen LogP contribution in [-0.4, -0.2) is 37.0 Å². The van der Waals surface area contributed by atoms with Gasteiger partial charge in [0.05, 0.1) is 29.2 Å². The minimum atomic E-state index is -3.99. The Labute approximate surface area is 184 Å². The van der Waals surface area contributed by atoms with Gasteiger partial charge in [0, 0.05) is 23.9 Å². The predicted octanol–water partition coefficient (Wildman–Crippen LogP) is 3.68. The number of aryl methyl sites for hydroxylation is 2. The van der Waals surface area contributed by atoms with Crippen molar-refractivity contribution in [2.24, 2.45) is 0 Å². The normalized spacial score (nSPS) is 15.3. The third-order valence-corrected chi connectivity index (χ3v) is 7.91. The van der Waals surface area contributed by atoms with Crippen molar-refractivity contribution in [1.29, 1.82) is 0 Å². The molecule has 2 N–H and O–H groups in total. The lowest BCUT2D eigenvalue weighted by atomic mass is 10.2. The number of aromatic nitrogens is 1. The van der Waals surface area contributed by atoms with E-state index in [-0.39, 0.29) is 12.4 Å². The molecule has 2 aromatic carbocycles. The summed E-state index contributed by atoms with van der Waals surface area (Å²) in [4.78, 5) is 3.28. The lowest BCUT2D eigenvalue weighted by Gasteiger charge is -2.19. The van der Waals surface area contributed by atoms with Crippen LogP contribution in [0.4, 0.5) is 5.69 Å². The van der Waals surface area contributed by atoms with Crippen LogP contribution < -0.4 is 9.47 Å². The van der Waals surface area contributed by atoms with Crippen LogP contribution in [0.25, 0.3) is 16.3 Å². The summed E-state index contributed by atoms with van der Waals surface area (Å²) < 4.78 is 34.6. The Morgan fingerprint density at radius 3 is 2.77 bits per heavy atom. The monoisotopic (exact) mass is 463 g/mol. The van der Waals surface area contributed by atoms with Gasteiger partial charge >= 0.3 is 0 Å². The highest BCUT2D eigenvalue weighted by atomic mass is 32.2. The zero-order valence-electron chi connectivity index (χ0n) is 16.5. The number of benzene rings is 2. The third kappa shape index (κ3) is 4.55. The smallest absolute Gasteiger partial charge is 0.265 e. The minimum absolute atomic E-state index is 0.0477. The molecule has 0 bridgehead atoms. The molecule has 0 saturated heterocycles. The molecule has 6 nitrogen and oxygen atoms in total. The Morgan fingerprint density at radius 2 is 2.00 bits per heavy atom. The Bertz CT molecular complexity index is 1220. The average Bonchev–Trinajstić information content (AvgIpc) is 3.20. The molecule has 30 heavy (non-hydrogen) atoms. The van der Waals surface area contributed by atoms with E-state index in [1.165, 1.54) is 5.56 Å². The zero-order valence-corrected chi connectivity index (χ0v) is 18.9. The first-order valence-corrected chi connectivity index (χ1v) is 12.8. The number of aliphatic hydroxyl groups excluding tert-OH is 1. The van der Waals surface area contributed by atoms with Crippen molar-refractivity contribution in [3.63, 3.8) is 0 Å². The van der Waals surface area contributed by atoms with E-state index in [4.69, 9.17) is 4.55 Å². The summed E-state index contributed by atoms with van der Waals surface area (Å²) in [6.45, 7) is 3.09. The van der Waals surface area contributed by atoms with Gasteiger partial charge in [0.15, 0.2) is 6.54 Å². The number of nitrogens with zero attached hydrogens (tertiary/aromatic N) is 2. The number of anilines is 1. The van der Waals surface area contributed by atoms with Gasteiger partial charge in [-0.2, -0.15) is 13.0 Å². The number of thiazole rings is 1. The molecule has 158 valence electrons. The van der Waals surface area contributed by atoms with Crippen LogP contribution in [0.15, 0.2) is 52.4 Å². The standard InChI is InChI=1S/C21H22N2O4S3/c1-15-7-8-19-17(13-15)23(10-11-24)21(29-19)14-20-22(9-4-12-30(25,26)27)16-5-2-3-6-18(16)28-20/h2-3,5-8,13-14,24H,4,9-12H2,1H3/p+1. The molecule has 3 aromatic rings. The number of hydrogen-bond donors (Lipinski definition) is 2. The number of thioether (sulfide) groups is 1. The number of fused-ring (bicyclic) bond motifs is 2. The summed E-state index contributed by atoms with van der Waals surface area (Å²) >= 11 is 3.31. The lowest BCUT2D eigenvalue weighted by molar-refractivity contribution is -0.668. The van der Waals surface area contributed by atoms with Crippen LogP contribution in [0.2, 0.25) is 0 Å². The van der Waals surface area contributed by atoms with Gasteiger partial charge in [-0.25, -0.2) is 0 Å². The van der Waals surface area contributed by atoms with Crippen molar-refractivity contribution in [3.05, 3.63) is 58.1 Å². The first-order valence-electron chi connectivity index (χ1n) is 9.61. The highest BCUT2D eigenvalue weighted by Gasteiger charge is 2.27. The fraction of sp³-hybridized carbons (Fsp3) is 0.286. The second-order valence-corrected chi connectivity index (χ2v) is 10.8. The Kier molecular flexibility index (Phi) is 6.17. The second-order valence-electron chi connectivity index (χ2n) is 7.13. The minimum Gasteiger partial charge on any atom is -0.395 e. The molecule has 0 amide bonds. The van der Waals surface area contributed by atoms with Crippen molar-refractivity contribution in [2.45, 2.75) is 24.8 Å². The molecule has 0 saturated carbocycles. The largest absolute Gasteiger partial charge is 0.395 e. The first-order chi connectivity index (χ1) is 14.4. The van der Waals surface area contributed by atoms with E-state index in [1.807, 2.05) is 24.3 Å². The maximum Gasteiger partial charge on any atom is 0.265 e. The molecule has 0 unspecified atom stereocenters. The molecule has 1 aliphatic rings. The molecule has 0 radical (unpaired) electrons. The molecular weight excluding hydrogens is 440 g/mol. The molecule has 1 aliphatic heterocycles. The molecular formula is C21H23N2O4S3+. The maximum absolute atomic E-state index is 11.2. The summed E-state index contributed by atoms with van der Waals surface area (Å²) in [6, 6.07) is 14.3. The highest BCUT2D eigenvalue weighted by Crippen LogP contribution is 2.47. The van der Waals surface area contributed by atoms with Gasteiger partial charge in [-0.05, 0) is 30.7 Å². The number of para-hydroxylation sites is 1. The van der Waals surface area contributed by atoms with Gasteiger partial charge in [-0.1, -0.05) is 41.3 Å². The third-order valence-electron chi connectivity index (χ3n) is 4.88. The average molecular weight is 464 g/mol. The van der Waals surface area contributed by atoms with Crippen molar-refractivity contribution >= 4 is 55.2 Å². The fourth-order valence-corrected chi connectivity index (χ4v) is 6.35. The Hall–Kier alpha value is -1.91. The lowest BCUT2D eigenvalue weighted by Crippen LogP contribution is -2.36. The SMILES string of the molecule is Cc1ccc2c(c1)N(CCO)/C(=C/c1sc3ccccc3[n+]1CCCS(=O)(=O)O)S2. The van der Waals surface area contributed by atoms with Crippen LogP contribution in [0.5, 0.6) is 0 Å². The first kappa shape index (κ1) is 21.3. The van der Waals surface area contributed by atoms with E-state index >= 15 is 0 Å². The van der Waals surface area contributed by atoms with Gasteiger partial charge in [0.1, 0.15) is 4.70 Å². The van der Waals surface area contributed by atoms with Gasteiger partial charge in [0.25, 0.3) is 15.1 Å². The summed E-state index contributed by atoms with van der Waals surface area (Å²) in [5, 5.41) is 11.6. The number of rotatable bonds is 7. The topological polar surface area (TPSA) is 81.7 Å². The Balaban J connectivity index is 1.73. The summed E-state index contributed by atoms with van der Waals surface area (Å²) in [5.74, 6) is -0.268. The van der Waals surface area contributed by atoms with Crippen molar-refractivity contribution in [2.75, 3.05) is 23.8 Å². The highest BCUT2D eigenvalue weighted by molar-refractivity contribution is 8.03. The molecule has 9 heteroatoms. The number of β-amino-alcohol motifs (C(OH)–C–C–N with tert-alkyl or cyclic N) is 1. The number of aliphatic hydroxyl groups is 1. The van der Waals surface area contributed by atoms with Crippen molar-refractivity contribution in [3.8, 4) is 0 Å². The van der Waals surface area contributed by atoms with E-state index in [0.29, 0.717) is 19.5 Å². The van der Waals surface area contributed by atoms with Crippen LogP contribution in [0.3, 0.4) is 0 Å². The second kappa shape index (κ2) is 8.68. The van der Waals surface area contributed by atoms with Gasteiger partial charge in [0.2, 0.25) is 5.52 Å². The van der Waals surface area contributed by atoms with Gasteiger partial charge in [-0.15, -0.1) is 0 Å². The molecule has 0 fully saturated rings. The zero-order chi connectivity index (χ0) is 21.3. The summed E-state index contributed by atoms with van der Waals surface area (Å²) in [5.41, 5.74) is 3.30. The van der Waals surface area contributed by atoms with Crippen LogP contribution in [0, 0.1) is 6.92 Å². The van der Waals surface area contributed by atoms with E-state index in [9.17, 15) is 13.5 Å². The van der Waals surface area contributed by atoms with Crippen molar-refractivity contribution in [1.82, 2.24) is 0 Å². The van der Waals surface area contributed by atoms with Crippen LogP contribution in [0.1, 0.15) is 17.0 Å². The Morgan fingerprint density at radius 1 is 1.20 bits per heavy atom. The van der Waals surface area contributed by atoms with E-state index in [0.717, 1.165) is 30.8 Å². The molecule has 2 heterocycles. The summed E-state index contributed by atoms with van der Waals surface area (Å²) in [7, 11) is -3.99. The molecule has 4 rings (SSSR count). The van der Waals surface area contributed by atoms with Crippen molar-refractivity contribution < 1.29 is 22.6 Å². The fourth-order valence-electron chi connectivity index (χ4n) is 3.55. The molecule has 0 aliphatic carbocycles. The summed E-state index contributed by atoms with van der Waals surface area (Å²) in [6.07, 6.45) is 2.43. The van der Waals surface area contributed by atoms with E-state index in [1.54, 1.807) is 23.1 Å². The molecule has 0 atom stereocenters. The van der Waals surface area contributed by atoms with Crippen LogP contribution >= 0.6 is 23.1 Å². The molecule has 0 spiro atoms. The van der Waals surface area contributed by atoms with Gasteiger partial charge < -0.3 is 10.0 Å². The van der Waals surface area contributed by atoms with Crippen LogP contribution in [-0.2, 0) is 16.7 Å². The van der Waals surface area contributed by atoms with Gasteiger partial charge in [-0.3, -0.25) is 4.55 Å². The van der Waals surface area contributed by atoms with E-state index < -0.39 is 10.1 Å². The quantitative estimate of drug-likeness (QED) is 0.411. The predicted molar refractivity (Wildman–Crippen MR) is 122 cm³/mol. The maximum atomic E-state index is 11.2. The number of hydrogen-bond acceptors (Lipinski definition) is 6. The molecule has 1 aromatic heterocycles.